The second-order valence-electron chi connectivity index (χ2n) is 6.48. The summed E-state index contributed by atoms with van der Waals surface area (Å²) in [5.74, 6) is 0.410. The minimum Gasteiger partial charge on any atom is -0.484 e. The lowest BCUT2D eigenvalue weighted by Gasteiger charge is -2.10. The van der Waals surface area contributed by atoms with Crippen molar-refractivity contribution in [1.29, 1.82) is 0 Å². The highest BCUT2D eigenvalue weighted by molar-refractivity contribution is 5.97. The molecule has 6 heteroatoms. The monoisotopic (exact) mass is 366 g/mol. The molecule has 140 valence electrons. The molecule has 2 amide bonds. The van der Waals surface area contributed by atoms with E-state index in [2.05, 4.69) is 10.6 Å². The van der Waals surface area contributed by atoms with E-state index in [1.807, 2.05) is 6.92 Å². The van der Waals surface area contributed by atoms with Crippen LogP contribution in [0.1, 0.15) is 36.5 Å². The van der Waals surface area contributed by atoms with E-state index < -0.39 is 0 Å². The van der Waals surface area contributed by atoms with E-state index >= 15 is 0 Å². The highest BCUT2D eigenvalue weighted by Gasteiger charge is 2.29. The van der Waals surface area contributed by atoms with E-state index in [1.54, 1.807) is 48.5 Å². The van der Waals surface area contributed by atoms with E-state index in [4.69, 9.17) is 4.74 Å². The van der Waals surface area contributed by atoms with Gasteiger partial charge in [0.25, 0.3) is 5.91 Å². The van der Waals surface area contributed by atoms with Gasteiger partial charge in [0.2, 0.25) is 5.91 Å². The third-order valence-corrected chi connectivity index (χ3v) is 4.23. The van der Waals surface area contributed by atoms with Gasteiger partial charge >= 0.3 is 0 Å². The molecule has 0 aromatic heterocycles. The lowest BCUT2D eigenvalue weighted by Crippen LogP contribution is -2.20. The number of carbonyl (C=O) groups is 3. The molecule has 0 radical (unpaired) electrons. The third kappa shape index (κ3) is 5.41. The summed E-state index contributed by atoms with van der Waals surface area (Å²) in [5.41, 5.74) is 1.86. The van der Waals surface area contributed by atoms with Gasteiger partial charge in [-0.3, -0.25) is 14.4 Å². The van der Waals surface area contributed by atoms with Crippen LogP contribution >= 0.6 is 0 Å². The summed E-state index contributed by atoms with van der Waals surface area (Å²) < 4.78 is 5.45. The van der Waals surface area contributed by atoms with Crippen LogP contribution in [0.4, 0.5) is 11.4 Å². The van der Waals surface area contributed by atoms with Gasteiger partial charge < -0.3 is 15.4 Å². The topological polar surface area (TPSA) is 84.5 Å². The molecule has 0 atom stereocenters. The van der Waals surface area contributed by atoms with Crippen LogP contribution in [0.5, 0.6) is 5.75 Å². The molecule has 27 heavy (non-hydrogen) atoms. The third-order valence-electron chi connectivity index (χ3n) is 4.23. The second kappa shape index (κ2) is 8.49. The molecule has 1 aliphatic rings. The molecule has 0 unspecified atom stereocenters. The summed E-state index contributed by atoms with van der Waals surface area (Å²) in [4.78, 5) is 35.5. The van der Waals surface area contributed by atoms with Crippen LogP contribution in [-0.2, 0) is 9.59 Å². The van der Waals surface area contributed by atoms with E-state index in [0.29, 0.717) is 29.1 Å². The Morgan fingerprint density at radius 3 is 2.30 bits per heavy atom. The number of ketones is 1. The first-order valence-electron chi connectivity index (χ1n) is 9.02. The molecule has 1 fully saturated rings. The van der Waals surface area contributed by atoms with Crippen molar-refractivity contribution in [3.8, 4) is 5.75 Å². The van der Waals surface area contributed by atoms with E-state index in [1.165, 1.54) is 0 Å². The summed E-state index contributed by atoms with van der Waals surface area (Å²) in [6.07, 6.45) is 2.32. The first-order chi connectivity index (χ1) is 13.0. The zero-order chi connectivity index (χ0) is 19.2. The van der Waals surface area contributed by atoms with Crippen molar-refractivity contribution in [2.45, 2.75) is 26.2 Å². The fourth-order valence-electron chi connectivity index (χ4n) is 2.55. The SMILES string of the molecule is CCC(=O)c1ccc(OCC(=O)Nc2cccc(NC(=O)C3CC3)c2)cc1. The average Bonchev–Trinajstić information content (AvgIpc) is 3.52. The Hall–Kier alpha value is -3.15. The predicted molar refractivity (Wildman–Crippen MR) is 103 cm³/mol. The minimum absolute atomic E-state index is 0.0202. The molecule has 0 spiro atoms. The Morgan fingerprint density at radius 2 is 1.67 bits per heavy atom. The maximum Gasteiger partial charge on any atom is 0.262 e. The van der Waals surface area contributed by atoms with Crippen LogP contribution in [0.15, 0.2) is 48.5 Å². The Labute approximate surface area is 157 Å². The second-order valence-corrected chi connectivity index (χ2v) is 6.48. The fraction of sp³-hybridized carbons (Fsp3) is 0.286. The number of rotatable bonds is 8. The molecule has 0 bridgehead atoms. The number of amides is 2. The van der Waals surface area contributed by atoms with Gasteiger partial charge in [-0.2, -0.15) is 0 Å². The van der Waals surface area contributed by atoms with Gasteiger partial charge in [-0.15, -0.1) is 0 Å². The number of hydrogen-bond donors (Lipinski definition) is 2. The van der Waals surface area contributed by atoms with Crippen molar-refractivity contribution < 1.29 is 19.1 Å². The standard InChI is InChI=1S/C21H22N2O4/c1-2-19(24)14-8-10-18(11-9-14)27-13-20(25)22-16-4-3-5-17(12-16)23-21(26)15-6-7-15/h3-5,8-12,15H,2,6-7,13H2,1H3,(H,22,25)(H,23,26). The van der Waals surface area contributed by atoms with Crippen LogP contribution in [0.3, 0.4) is 0 Å². The largest absolute Gasteiger partial charge is 0.484 e. The fourth-order valence-corrected chi connectivity index (χ4v) is 2.55. The van der Waals surface area contributed by atoms with Crippen LogP contribution in [0, 0.1) is 5.92 Å². The maximum absolute atomic E-state index is 12.1. The van der Waals surface area contributed by atoms with Crippen molar-refractivity contribution in [1.82, 2.24) is 0 Å². The van der Waals surface area contributed by atoms with Crippen molar-refractivity contribution in [3.05, 3.63) is 54.1 Å². The number of Topliss-reactive ketones (excluding diaryl/α,β-unsaturated/α-hetero) is 1. The number of carbonyl (C=O) groups excluding carboxylic acids is 3. The molecule has 1 aliphatic carbocycles. The molecule has 0 saturated heterocycles. The molecule has 3 rings (SSSR count). The number of nitrogens with one attached hydrogen (secondary N) is 2. The predicted octanol–water partition coefficient (Wildman–Crippen LogP) is 3.65. The van der Waals surface area contributed by atoms with Crippen molar-refractivity contribution >= 4 is 29.0 Å². The van der Waals surface area contributed by atoms with Crippen LogP contribution in [0.25, 0.3) is 0 Å². The zero-order valence-electron chi connectivity index (χ0n) is 15.2. The van der Waals surface area contributed by atoms with Gasteiger partial charge in [0.05, 0.1) is 0 Å². The molecule has 0 heterocycles. The van der Waals surface area contributed by atoms with Crippen LogP contribution < -0.4 is 15.4 Å². The zero-order valence-corrected chi connectivity index (χ0v) is 15.2. The van der Waals surface area contributed by atoms with Gasteiger partial charge in [-0.25, -0.2) is 0 Å². The van der Waals surface area contributed by atoms with E-state index in [9.17, 15) is 14.4 Å². The van der Waals surface area contributed by atoms with Gasteiger partial charge in [0, 0.05) is 29.3 Å². The maximum atomic E-state index is 12.1. The summed E-state index contributed by atoms with van der Waals surface area (Å²) in [7, 11) is 0. The smallest absolute Gasteiger partial charge is 0.262 e. The van der Waals surface area contributed by atoms with Crippen molar-refractivity contribution in [2.75, 3.05) is 17.2 Å². The quantitative estimate of drug-likeness (QED) is 0.699. The first kappa shape index (κ1) is 18.6. The molecular weight excluding hydrogens is 344 g/mol. The normalized spacial score (nSPS) is 12.9. The van der Waals surface area contributed by atoms with Gasteiger partial charge in [0.1, 0.15) is 5.75 Å². The van der Waals surface area contributed by atoms with Crippen molar-refractivity contribution in [2.24, 2.45) is 5.92 Å². The molecule has 0 aliphatic heterocycles. The lowest BCUT2D eigenvalue weighted by molar-refractivity contribution is -0.118. The number of hydrogen-bond acceptors (Lipinski definition) is 4. The molecule has 1 saturated carbocycles. The van der Waals surface area contributed by atoms with Crippen LogP contribution in [-0.4, -0.2) is 24.2 Å². The summed E-state index contributed by atoms with van der Waals surface area (Å²) in [6.45, 7) is 1.66. The average molecular weight is 366 g/mol. The lowest BCUT2D eigenvalue weighted by atomic mass is 10.1. The number of anilines is 2. The van der Waals surface area contributed by atoms with Gasteiger partial charge in [0.15, 0.2) is 12.4 Å². The van der Waals surface area contributed by atoms with Gasteiger partial charge in [-0.1, -0.05) is 13.0 Å². The molecule has 6 nitrogen and oxygen atoms in total. The highest BCUT2D eigenvalue weighted by Crippen LogP contribution is 2.30. The van der Waals surface area contributed by atoms with E-state index in [0.717, 1.165) is 12.8 Å². The van der Waals surface area contributed by atoms with Crippen LogP contribution in [0.2, 0.25) is 0 Å². The number of ether oxygens (including phenoxy) is 1. The summed E-state index contributed by atoms with van der Waals surface area (Å²) >= 11 is 0. The Morgan fingerprint density at radius 1 is 1.00 bits per heavy atom. The highest BCUT2D eigenvalue weighted by atomic mass is 16.5. The molecule has 2 aromatic rings. The van der Waals surface area contributed by atoms with Gasteiger partial charge in [-0.05, 0) is 55.3 Å². The Bertz CT molecular complexity index is 842. The first-order valence-corrected chi connectivity index (χ1v) is 9.02. The minimum atomic E-state index is -0.311. The van der Waals surface area contributed by atoms with Crippen molar-refractivity contribution in [3.63, 3.8) is 0 Å². The summed E-state index contributed by atoms with van der Waals surface area (Å²) in [6, 6.07) is 13.7. The van der Waals surface area contributed by atoms with E-state index in [-0.39, 0.29) is 30.1 Å². The Kier molecular flexibility index (Phi) is 5.86. The Balaban J connectivity index is 1.50. The number of benzene rings is 2. The molecular formula is C21H22N2O4. The summed E-state index contributed by atoms with van der Waals surface area (Å²) in [5, 5.41) is 5.59. The molecule has 2 N–H and O–H groups in total. The molecule has 2 aromatic carbocycles.